The Balaban J connectivity index is 1.91. The van der Waals surface area contributed by atoms with Gasteiger partial charge in [0.2, 0.25) is 0 Å². The average Bonchev–Trinajstić information content (AvgIpc) is 2.98. The molecule has 0 radical (unpaired) electrons. The van der Waals surface area contributed by atoms with Crippen LogP contribution in [-0.2, 0) is 13.0 Å². The molecule has 0 bridgehead atoms. The lowest BCUT2D eigenvalue weighted by atomic mass is 10.1. The number of fused-ring (bicyclic) bond motifs is 1. The Morgan fingerprint density at radius 3 is 2.62 bits per heavy atom. The summed E-state index contributed by atoms with van der Waals surface area (Å²) < 4.78 is 1.81. The van der Waals surface area contributed by atoms with E-state index in [0.29, 0.717) is 40.9 Å². The van der Waals surface area contributed by atoms with Crippen LogP contribution in [0.4, 0.5) is 5.69 Å². The van der Waals surface area contributed by atoms with Crippen molar-refractivity contribution in [2.45, 2.75) is 25.8 Å². The monoisotopic (exact) mass is 392 g/mol. The quantitative estimate of drug-likeness (QED) is 0.761. The van der Waals surface area contributed by atoms with Crippen LogP contribution in [0.15, 0.2) is 30.9 Å². The Morgan fingerprint density at radius 2 is 1.92 bits per heavy atom. The Bertz CT molecular complexity index is 856. The lowest BCUT2D eigenvalue weighted by molar-refractivity contribution is 0.0952. The van der Waals surface area contributed by atoms with E-state index in [1.807, 2.05) is 4.57 Å². The highest BCUT2D eigenvalue weighted by atomic mass is 35.5. The van der Waals surface area contributed by atoms with Crippen molar-refractivity contribution in [3.63, 3.8) is 0 Å². The van der Waals surface area contributed by atoms with Gasteiger partial charge in [-0.25, -0.2) is 4.98 Å². The van der Waals surface area contributed by atoms with Crippen molar-refractivity contribution in [1.29, 1.82) is 0 Å². The highest BCUT2D eigenvalue weighted by molar-refractivity contribution is 6.35. The number of nitrogens with one attached hydrogen (secondary N) is 2. The van der Waals surface area contributed by atoms with Gasteiger partial charge in [-0.2, -0.15) is 0 Å². The smallest absolute Gasteiger partial charge is 0.291 e. The molecule has 136 valence electrons. The zero-order valence-corrected chi connectivity index (χ0v) is 15.5. The molecule has 1 aromatic carbocycles. The van der Waals surface area contributed by atoms with Crippen molar-refractivity contribution in [1.82, 2.24) is 14.9 Å². The maximum Gasteiger partial charge on any atom is 0.291 e. The molecule has 2 heterocycles. The Morgan fingerprint density at radius 1 is 1.19 bits per heavy atom. The minimum absolute atomic E-state index is 0.208. The van der Waals surface area contributed by atoms with Crippen molar-refractivity contribution in [2.75, 3.05) is 11.9 Å². The Labute approximate surface area is 161 Å². The summed E-state index contributed by atoms with van der Waals surface area (Å²) in [5, 5.41) is 6.30. The third-order valence-electron chi connectivity index (χ3n) is 4.06. The van der Waals surface area contributed by atoms with Gasteiger partial charge in [-0.3, -0.25) is 9.59 Å². The fourth-order valence-corrected chi connectivity index (χ4v) is 3.49. The van der Waals surface area contributed by atoms with Crippen molar-refractivity contribution in [3.05, 3.63) is 58.1 Å². The van der Waals surface area contributed by atoms with Gasteiger partial charge in [0, 0.05) is 28.8 Å². The second-order valence-corrected chi connectivity index (χ2v) is 6.82. The first-order valence-corrected chi connectivity index (χ1v) is 9.01. The predicted molar refractivity (Wildman–Crippen MR) is 102 cm³/mol. The van der Waals surface area contributed by atoms with Crippen LogP contribution in [0.25, 0.3) is 0 Å². The minimum atomic E-state index is -0.408. The van der Waals surface area contributed by atoms with Gasteiger partial charge in [-0.1, -0.05) is 29.3 Å². The summed E-state index contributed by atoms with van der Waals surface area (Å²) in [6.45, 7) is 4.57. The first kappa shape index (κ1) is 18.5. The molecule has 0 saturated carbocycles. The van der Waals surface area contributed by atoms with E-state index in [-0.39, 0.29) is 11.7 Å². The second kappa shape index (κ2) is 7.93. The molecule has 6 nitrogen and oxygen atoms in total. The maximum absolute atomic E-state index is 12.7. The summed E-state index contributed by atoms with van der Waals surface area (Å²) >= 11 is 11.9. The van der Waals surface area contributed by atoms with Gasteiger partial charge in [0.15, 0.2) is 5.82 Å². The van der Waals surface area contributed by atoms with E-state index < -0.39 is 5.91 Å². The number of imidazole rings is 1. The molecule has 26 heavy (non-hydrogen) atoms. The van der Waals surface area contributed by atoms with Crippen LogP contribution in [0.3, 0.4) is 0 Å². The van der Waals surface area contributed by atoms with E-state index in [1.54, 1.807) is 24.3 Å². The topological polar surface area (TPSA) is 76.0 Å². The number of benzene rings is 1. The van der Waals surface area contributed by atoms with E-state index >= 15 is 0 Å². The number of carbonyl (C=O) groups excluding carboxylic acids is 2. The van der Waals surface area contributed by atoms with Gasteiger partial charge in [0.05, 0.1) is 5.69 Å². The molecule has 1 aliphatic rings. The third kappa shape index (κ3) is 3.92. The van der Waals surface area contributed by atoms with Crippen LogP contribution < -0.4 is 10.6 Å². The highest BCUT2D eigenvalue weighted by Crippen LogP contribution is 2.25. The molecule has 0 unspecified atom stereocenters. The lowest BCUT2D eigenvalue weighted by Crippen LogP contribution is -2.25. The van der Waals surface area contributed by atoms with Crippen molar-refractivity contribution in [2.24, 2.45) is 0 Å². The number of aromatic nitrogens is 2. The fourth-order valence-electron chi connectivity index (χ4n) is 2.96. The maximum atomic E-state index is 12.7. The molecule has 1 aromatic heterocycles. The standard InChI is InChI=1S/C18H18Cl2N4O2/c1-2-6-21-17(25)15-14-5-3-4-7-24(14)16(23-15)18(26)22-13-9-11(19)8-12(20)10-13/h2,8-10H,1,3-7H2,(H,21,25)(H,22,26). The van der Waals surface area contributed by atoms with Crippen molar-refractivity contribution in [3.8, 4) is 0 Å². The van der Waals surface area contributed by atoms with Gasteiger partial charge in [-0.15, -0.1) is 6.58 Å². The molecule has 0 atom stereocenters. The molecule has 0 aliphatic carbocycles. The molecule has 0 fully saturated rings. The Kier molecular flexibility index (Phi) is 5.64. The van der Waals surface area contributed by atoms with Gasteiger partial charge < -0.3 is 15.2 Å². The van der Waals surface area contributed by atoms with Crippen LogP contribution in [-0.4, -0.2) is 27.9 Å². The largest absolute Gasteiger partial charge is 0.347 e. The number of hydrogen-bond acceptors (Lipinski definition) is 3. The zero-order valence-electron chi connectivity index (χ0n) is 14.0. The molecule has 2 amide bonds. The molecule has 2 N–H and O–H groups in total. The third-order valence-corrected chi connectivity index (χ3v) is 4.50. The van der Waals surface area contributed by atoms with E-state index in [0.717, 1.165) is 18.5 Å². The molecule has 2 aromatic rings. The molecule has 0 spiro atoms. The van der Waals surface area contributed by atoms with E-state index in [1.165, 1.54) is 0 Å². The summed E-state index contributed by atoms with van der Waals surface area (Å²) in [4.78, 5) is 29.4. The SMILES string of the molecule is C=CCNC(=O)c1nc(C(=O)Nc2cc(Cl)cc(Cl)c2)n2c1CCCC2. The second-order valence-electron chi connectivity index (χ2n) is 5.95. The number of rotatable bonds is 5. The van der Waals surface area contributed by atoms with Crippen LogP contribution in [0.2, 0.25) is 10.0 Å². The zero-order chi connectivity index (χ0) is 18.7. The number of anilines is 1. The van der Waals surface area contributed by atoms with Gasteiger partial charge in [0.25, 0.3) is 11.8 Å². The summed E-state index contributed by atoms with van der Waals surface area (Å²) in [6, 6.07) is 4.78. The minimum Gasteiger partial charge on any atom is -0.347 e. The van der Waals surface area contributed by atoms with Crippen LogP contribution in [0.5, 0.6) is 0 Å². The molecule has 8 heteroatoms. The van der Waals surface area contributed by atoms with Crippen molar-refractivity contribution < 1.29 is 9.59 Å². The first-order chi connectivity index (χ1) is 12.5. The van der Waals surface area contributed by atoms with Gasteiger partial charge >= 0.3 is 0 Å². The van der Waals surface area contributed by atoms with Crippen LogP contribution in [0, 0.1) is 0 Å². The molecule has 3 rings (SSSR count). The van der Waals surface area contributed by atoms with Gasteiger partial charge in [0.1, 0.15) is 5.69 Å². The summed E-state index contributed by atoms with van der Waals surface area (Å²) in [6.07, 6.45) is 4.19. The number of halogens is 2. The molecular formula is C18H18Cl2N4O2. The Hall–Kier alpha value is -2.31. The van der Waals surface area contributed by atoms with Crippen LogP contribution in [0.1, 0.15) is 39.6 Å². The summed E-state index contributed by atoms with van der Waals surface area (Å²) in [5.41, 5.74) is 1.55. The lowest BCUT2D eigenvalue weighted by Gasteiger charge is -2.17. The summed E-state index contributed by atoms with van der Waals surface area (Å²) in [7, 11) is 0. The van der Waals surface area contributed by atoms with Crippen molar-refractivity contribution >= 4 is 40.7 Å². The number of nitrogens with zero attached hydrogens (tertiary/aromatic N) is 2. The first-order valence-electron chi connectivity index (χ1n) is 8.25. The summed E-state index contributed by atoms with van der Waals surface area (Å²) in [5.74, 6) is -0.505. The highest BCUT2D eigenvalue weighted by Gasteiger charge is 2.27. The van der Waals surface area contributed by atoms with E-state index in [4.69, 9.17) is 23.2 Å². The normalized spacial score (nSPS) is 13.0. The number of amides is 2. The van der Waals surface area contributed by atoms with E-state index in [2.05, 4.69) is 22.2 Å². The van der Waals surface area contributed by atoms with Crippen LogP contribution >= 0.6 is 23.2 Å². The van der Waals surface area contributed by atoms with E-state index in [9.17, 15) is 9.59 Å². The number of carbonyl (C=O) groups is 2. The predicted octanol–water partition coefficient (Wildman–Crippen LogP) is 3.69. The average molecular weight is 393 g/mol. The van der Waals surface area contributed by atoms with Gasteiger partial charge in [-0.05, 0) is 37.5 Å². The molecule has 0 saturated heterocycles. The molecule has 1 aliphatic heterocycles. The fraction of sp³-hybridized carbons (Fsp3) is 0.278. The molecular weight excluding hydrogens is 375 g/mol. The number of hydrogen-bond donors (Lipinski definition) is 2.